The summed E-state index contributed by atoms with van der Waals surface area (Å²) in [5.41, 5.74) is 2.44. The van der Waals surface area contributed by atoms with Gasteiger partial charge in [-0.05, 0) is 54.8 Å². The van der Waals surface area contributed by atoms with Gasteiger partial charge < -0.3 is 20.1 Å². The zero-order valence-corrected chi connectivity index (χ0v) is 19.8. The van der Waals surface area contributed by atoms with Crippen LogP contribution in [0.4, 0.5) is 5.69 Å². The van der Waals surface area contributed by atoms with E-state index in [0.29, 0.717) is 42.1 Å². The SMILES string of the molecule is CCCCOC(=O)c1ccc(NC(=O)COc2ccccc2C(=O)NCCc2ccccc2)cc1. The molecule has 0 heterocycles. The lowest BCUT2D eigenvalue weighted by Crippen LogP contribution is -2.27. The quantitative estimate of drug-likeness (QED) is 0.295. The van der Waals surface area contributed by atoms with Crippen molar-refractivity contribution in [2.45, 2.75) is 26.2 Å². The van der Waals surface area contributed by atoms with Crippen molar-refractivity contribution in [1.82, 2.24) is 5.32 Å². The normalized spacial score (nSPS) is 10.3. The molecule has 3 rings (SSSR count). The van der Waals surface area contributed by atoms with Crippen LogP contribution in [0, 0.1) is 0 Å². The standard InChI is InChI=1S/C28H30N2O5/c1-2-3-19-34-28(33)22-13-15-23(16-14-22)30-26(31)20-35-25-12-8-7-11-24(25)27(32)29-18-17-21-9-5-4-6-10-21/h4-16H,2-3,17-20H2,1H3,(H,29,32)(H,30,31). The molecular formula is C28H30N2O5. The third kappa shape index (κ3) is 8.30. The lowest BCUT2D eigenvalue weighted by molar-refractivity contribution is -0.118. The predicted octanol–water partition coefficient (Wildman–Crippen LogP) is 4.63. The van der Waals surface area contributed by atoms with E-state index < -0.39 is 5.97 Å². The number of esters is 1. The van der Waals surface area contributed by atoms with Gasteiger partial charge in [-0.15, -0.1) is 0 Å². The molecule has 0 aliphatic carbocycles. The van der Waals surface area contributed by atoms with Crippen LogP contribution in [-0.2, 0) is 16.0 Å². The average Bonchev–Trinajstić information content (AvgIpc) is 2.88. The summed E-state index contributed by atoms with van der Waals surface area (Å²) in [5.74, 6) is -0.718. The van der Waals surface area contributed by atoms with E-state index in [1.54, 1.807) is 48.5 Å². The van der Waals surface area contributed by atoms with Crippen LogP contribution in [0.3, 0.4) is 0 Å². The average molecular weight is 475 g/mol. The fourth-order valence-electron chi connectivity index (χ4n) is 3.26. The van der Waals surface area contributed by atoms with Gasteiger partial charge in [-0.2, -0.15) is 0 Å². The maximum Gasteiger partial charge on any atom is 0.338 e. The Morgan fingerprint density at radius 3 is 2.31 bits per heavy atom. The monoisotopic (exact) mass is 474 g/mol. The minimum atomic E-state index is -0.390. The number of amides is 2. The number of carbonyl (C=O) groups is 3. The highest BCUT2D eigenvalue weighted by Crippen LogP contribution is 2.18. The maximum atomic E-state index is 12.6. The minimum absolute atomic E-state index is 0.265. The number of ether oxygens (including phenoxy) is 2. The lowest BCUT2D eigenvalue weighted by atomic mass is 10.1. The fourth-order valence-corrected chi connectivity index (χ4v) is 3.26. The van der Waals surface area contributed by atoms with Gasteiger partial charge in [0.05, 0.1) is 17.7 Å². The van der Waals surface area contributed by atoms with E-state index in [4.69, 9.17) is 9.47 Å². The van der Waals surface area contributed by atoms with Crippen molar-refractivity contribution in [3.8, 4) is 5.75 Å². The Morgan fingerprint density at radius 2 is 1.57 bits per heavy atom. The van der Waals surface area contributed by atoms with Gasteiger partial charge in [0.1, 0.15) is 5.75 Å². The minimum Gasteiger partial charge on any atom is -0.483 e. The topological polar surface area (TPSA) is 93.7 Å². The Hall–Kier alpha value is -4.13. The van der Waals surface area contributed by atoms with Crippen LogP contribution in [0.15, 0.2) is 78.9 Å². The molecule has 0 saturated carbocycles. The highest BCUT2D eigenvalue weighted by atomic mass is 16.5. The van der Waals surface area contributed by atoms with E-state index in [1.807, 2.05) is 37.3 Å². The van der Waals surface area contributed by atoms with E-state index in [0.717, 1.165) is 18.4 Å². The highest BCUT2D eigenvalue weighted by molar-refractivity contribution is 5.97. The number of para-hydroxylation sites is 1. The Kier molecular flexibility index (Phi) is 9.87. The molecule has 0 aromatic heterocycles. The first-order valence-corrected chi connectivity index (χ1v) is 11.7. The first kappa shape index (κ1) is 25.5. The first-order chi connectivity index (χ1) is 17.1. The van der Waals surface area contributed by atoms with Crippen LogP contribution in [0.1, 0.15) is 46.0 Å². The molecule has 3 aromatic rings. The van der Waals surface area contributed by atoms with Crippen LogP contribution >= 0.6 is 0 Å². The van der Waals surface area contributed by atoms with Crippen LogP contribution in [0.2, 0.25) is 0 Å². The van der Waals surface area contributed by atoms with Crippen molar-refractivity contribution in [1.29, 1.82) is 0 Å². The molecule has 35 heavy (non-hydrogen) atoms. The zero-order chi connectivity index (χ0) is 24.9. The van der Waals surface area contributed by atoms with Gasteiger partial charge >= 0.3 is 5.97 Å². The van der Waals surface area contributed by atoms with Gasteiger partial charge in [-0.25, -0.2) is 4.79 Å². The summed E-state index contributed by atoms with van der Waals surface area (Å²) in [4.78, 5) is 37.0. The molecule has 2 amide bonds. The van der Waals surface area contributed by atoms with Crippen molar-refractivity contribution in [3.05, 3.63) is 95.6 Å². The molecule has 2 N–H and O–H groups in total. The number of nitrogens with one attached hydrogen (secondary N) is 2. The number of carbonyl (C=O) groups excluding carboxylic acids is 3. The van der Waals surface area contributed by atoms with Gasteiger partial charge in [-0.3, -0.25) is 9.59 Å². The summed E-state index contributed by atoms with van der Waals surface area (Å²) in [6.07, 6.45) is 2.48. The van der Waals surface area contributed by atoms with Crippen molar-refractivity contribution < 1.29 is 23.9 Å². The molecule has 0 spiro atoms. The molecule has 0 radical (unpaired) electrons. The highest BCUT2D eigenvalue weighted by Gasteiger charge is 2.14. The van der Waals surface area contributed by atoms with Gasteiger partial charge in [0.2, 0.25) is 0 Å². The molecule has 182 valence electrons. The molecule has 3 aromatic carbocycles. The molecule has 0 aliphatic heterocycles. The lowest BCUT2D eigenvalue weighted by Gasteiger charge is -2.12. The Balaban J connectivity index is 1.48. The number of unbranched alkanes of at least 4 members (excludes halogenated alkanes) is 1. The molecule has 0 fully saturated rings. The summed E-state index contributed by atoms with van der Waals surface area (Å²) in [6, 6.07) is 23.1. The van der Waals surface area contributed by atoms with Crippen molar-refractivity contribution in [2.24, 2.45) is 0 Å². The van der Waals surface area contributed by atoms with E-state index >= 15 is 0 Å². The molecule has 0 aliphatic rings. The van der Waals surface area contributed by atoms with E-state index in [9.17, 15) is 14.4 Å². The molecule has 7 heteroatoms. The van der Waals surface area contributed by atoms with Crippen molar-refractivity contribution >= 4 is 23.5 Å². The molecule has 0 unspecified atom stereocenters. The van der Waals surface area contributed by atoms with E-state index in [-0.39, 0.29) is 18.4 Å². The Morgan fingerprint density at radius 1 is 0.857 bits per heavy atom. The van der Waals surface area contributed by atoms with Crippen LogP contribution in [0.5, 0.6) is 5.75 Å². The summed E-state index contributed by atoms with van der Waals surface area (Å²) in [7, 11) is 0. The third-order valence-corrected chi connectivity index (χ3v) is 5.17. The Bertz CT molecular complexity index is 1110. The third-order valence-electron chi connectivity index (χ3n) is 5.17. The maximum absolute atomic E-state index is 12.6. The van der Waals surface area contributed by atoms with Crippen LogP contribution in [-0.4, -0.2) is 37.5 Å². The second kappa shape index (κ2) is 13.5. The van der Waals surface area contributed by atoms with Gasteiger partial charge in [0, 0.05) is 12.2 Å². The Labute approximate surface area is 205 Å². The zero-order valence-electron chi connectivity index (χ0n) is 19.8. The molecule has 0 bridgehead atoms. The van der Waals surface area contributed by atoms with Gasteiger partial charge in [-0.1, -0.05) is 55.8 Å². The molecule has 0 atom stereocenters. The molecular weight excluding hydrogens is 444 g/mol. The summed E-state index contributed by atoms with van der Waals surface area (Å²) >= 11 is 0. The molecule has 0 saturated heterocycles. The second-order valence-corrected chi connectivity index (χ2v) is 7.89. The van der Waals surface area contributed by atoms with Crippen molar-refractivity contribution in [3.63, 3.8) is 0 Å². The van der Waals surface area contributed by atoms with E-state index in [1.165, 1.54) is 0 Å². The number of anilines is 1. The van der Waals surface area contributed by atoms with Crippen LogP contribution in [0.25, 0.3) is 0 Å². The predicted molar refractivity (Wildman–Crippen MR) is 135 cm³/mol. The summed E-state index contributed by atoms with van der Waals surface area (Å²) in [6.45, 7) is 2.63. The van der Waals surface area contributed by atoms with Gasteiger partial charge in [0.15, 0.2) is 6.61 Å². The first-order valence-electron chi connectivity index (χ1n) is 11.7. The number of benzene rings is 3. The second-order valence-electron chi connectivity index (χ2n) is 7.89. The number of rotatable bonds is 12. The van der Waals surface area contributed by atoms with E-state index in [2.05, 4.69) is 10.6 Å². The summed E-state index contributed by atoms with van der Waals surface area (Å²) in [5, 5.41) is 5.60. The largest absolute Gasteiger partial charge is 0.483 e. The van der Waals surface area contributed by atoms with Crippen molar-refractivity contribution in [2.75, 3.05) is 25.1 Å². The number of hydrogen-bond donors (Lipinski definition) is 2. The summed E-state index contributed by atoms with van der Waals surface area (Å²) < 4.78 is 10.8. The van der Waals surface area contributed by atoms with Crippen LogP contribution < -0.4 is 15.4 Å². The smallest absolute Gasteiger partial charge is 0.338 e. The molecule has 7 nitrogen and oxygen atoms in total. The fraction of sp³-hybridized carbons (Fsp3) is 0.250. The number of hydrogen-bond acceptors (Lipinski definition) is 5. The van der Waals surface area contributed by atoms with Gasteiger partial charge in [0.25, 0.3) is 11.8 Å².